The Labute approximate surface area is 189 Å². The molecule has 1 aromatic heterocycles. The molecule has 1 unspecified atom stereocenters. The quantitative estimate of drug-likeness (QED) is 0.644. The van der Waals surface area contributed by atoms with Crippen LogP contribution in [-0.2, 0) is 16.1 Å². The lowest BCUT2D eigenvalue weighted by molar-refractivity contribution is -0.117. The van der Waals surface area contributed by atoms with Gasteiger partial charge in [0, 0.05) is 62.1 Å². The third kappa shape index (κ3) is 6.53. The fraction of sp³-hybridized carbons (Fsp3) is 0.542. The topological polar surface area (TPSA) is 48.0 Å². The second-order valence-electron chi connectivity index (χ2n) is 8.40. The summed E-state index contributed by atoms with van der Waals surface area (Å²) >= 11 is 1.73. The van der Waals surface area contributed by atoms with Gasteiger partial charge >= 0.3 is 0 Å². The molecule has 6 nitrogen and oxygen atoms in total. The summed E-state index contributed by atoms with van der Waals surface area (Å²) in [4.78, 5) is 21.2. The number of nitrogens with zero attached hydrogens (tertiary/aromatic N) is 3. The van der Waals surface area contributed by atoms with Gasteiger partial charge in [-0.1, -0.05) is 13.0 Å². The van der Waals surface area contributed by atoms with Crippen molar-refractivity contribution in [3.8, 4) is 0 Å². The van der Waals surface area contributed by atoms with Crippen LogP contribution in [0.15, 0.2) is 41.8 Å². The number of rotatable bonds is 9. The summed E-state index contributed by atoms with van der Waals surface area (Å²) in [6.07, 6.45) is 2.43. The van der Waals surface area contributed by atoms with E-state index >= 15 is 0 Å². The fourth-order valence-corrected chi connectivity index (χ4v) is 5.11. The zero-order valence-electron chi connectivity index (χ0n) is 18.5. The molecular weight excluding hydrogens is 408 g/mol. The van der Waals surface area contributed by atoms with Gasteiger partial charge in [-0.3, -0.25) is 9.69 Å². The highest BCUT2D eigenvalue weighted by Crippen LogP contribution is 2.20. The van der Waals surface area contributed by atoms with Gasteiger partial charge in [0.05, 0.1) is 12.6 Å². The Morgan fingerprint density at radius 3 is 2.65 bits per heavy atom. The second-order valence-corrected chi connectivity index (χ2v) is 9.43. The van der Waals surface area contributed by atoms with Crippen molar-refractivity contribution in [2.45, 2.75) is 32.4 Å². The van der Waals surface area contributed by atoms with Crippen molar-refractivity contribution in [1.82, 2.24) is 9.80 Å². The Balaban J connectivity index is 1.30. The lowest BCUT2D eigenvalue weighted by atomic mass is 10.2. The van der Waals surface area contributed by atoms with Gasteiger partial charge in [0.25, 0.3) is 0 Å². The monoisotopic (exact) mass is 442 g/mol. The molecule has 2 aliphatic heterocycles. The van der Waals surface area contributed by atoms with Gasteiger partial charge in [0.1, 0.15) is 0 Å². The summed E-state index contributed by atoms with van der Waals surface area (Å²) in [5, 5.41) is 5.17. The summed E-state index contributed by atoms with van der Waals surface area (Å²) in [7, 11) is 0. The second kappa shape index (κ2) is 11.1. The van der Waals surface area contributed by atoms with E-state index in [4.69, 9.17) is 4.74 Å². The zero-order chi connectivity index (χ0) is 21.5. The van der Waals surface area contributed by atoms with Crippen molar-refractivity contribution in [2.75, 3.05) is 62.6 Å². The standard InChI is InChI=1S/C24H34N4O2S/c1-2-26-11-13-28(14-12-26)21-9-7-20(8-10-21)25-24(29)19-27(17-22-5-3-15-30-22)18-23-6-4-16-31-23/h4,6-10,16,22H,2-3,5,11-15,17-19H2,1H3,(H,25,29). The Hall–Kier alpha value is -1.93. The zero-order valence-corrected chi connectivity index (χ0v) is 19.3. The molecular formula is C24H34N4O2S. The number of piperazine rings is 1. The van der Waals surface area contributed by atoms with E-state index in [1.165, 1.54) is 10.6 Å². The number of likely N-dealkylation sites (N-methyl/N-ethyl adjacent to an activating group) is 1. The molecule has 1 atom stereocenters. The fourth-order valence-electron chi connectivity index (χ4n) is 4.37. The summed E-state index contributed by atoms with van der Waals surface area (Å²) in [6, 6.07) is 12.5. The molecule has 168 valence electrons. The first-order valence-electron chi connectivity index (χ1n) is 11.4. The molecule has 2 aliphatic rings. The minimum atomic E-state index is 0.0267. The molecule has 4 rings (SSSR count). The minimum Gasteiger partial charge on any atom is -0.377 e. The molecule has 31 heavy (non-hydrogen) atoms. The predicted molar refractivity (Wildman–Crippen MR) is 128 cm³/mol. The Morgan fingerprint density at radius 1 is 1.19 bits per heavy atom. The average Bonchev–Trinajstić information content (AvgIpc) is 3.49. The number of carbonyl (C=O) groups is 1. The molecule has 2 fully saturated rings. The number of ether oxygens (including phenoxy) is 1. The van der Waals surface area contributed by atoms with E-state index < -0.39 is 0 Å². The molecule has 1 aromatic carbocycles. The third-order valence-corrected chi connectivity index (χ3v) is 7.01. The van der Waals surface area contributed by atoms with Crippen molar-refractivity contribution in [3.05, 3.63) is 46.7 Å². The lowest BCUT2D eigenvalue weighted by Gasteiger charge is -2.35. The van der Waals surface area contributed by atoms with E-state index in [0.717, 1.165) is 70.9 Å². The molecule has 1 N–H and O–H groups in total. The Morgan fingerprint density at radius 2 is 2.00 bits per heavy atom. The molecule has 1 amide bonds. The van der Waals surface area contributed by atoms with Crippen molar-refractivity contribution < 1.29 is 9.53 Å². The van der Waals surface area contributed by atoms with Crippen molar-refractivity contribution >= 4 is 28.6 Å². The summed E-state index contributed by atoms with van der Waals surface area (Å²) in [6.45, 7) is 10.5. The minimum absolute atomic E-state index is 0.0267. The smallest absolute Gasteiger partial charge is 0.238 e. The van der Waals surface area contributed by atoms with Gasteiger partial charge in [0.15, 0.2) is 0 Å². The normalized spacial score (nSPS) is 19.8. The van der Waals surface area contributed by atoms with Crippen molar-refractivity contribution in [1.29, 1.82) is 0 Å². The van der Waals surface area contributed by atoms with E-state index in [0.29, 0.717) is 6.54 Å². The molecule has 2 saturated heterocycles. The number of carbonyl (C=O) groups excluding carboxylic acids is 1. The van der Waals surface area contributed by atoms with Gasteiger partial charge in [-0.2, -0.15) is 0 Å². The third-order valence-electron chi connectivity index (χ3n) is 6.15. The number of hydrogen-bond donors (Lipinski definition) is 1. The SMILES string of the molecule is CCN1CCN(c2ccc(NC(=O)CN(Cc3cccs3)CC3CCCO3)cc2)CC1. The van der Waals surface area contributed by atoms with Crippen LogP contribution in [0.25, 0.3) is 0 Å². The first kappa shape index (κ1) is 22.3. The predicted octanol–water partition coefficient (Wildman–Crippen LogP) is 3.51. The van der Waals surface area contributed by atoms with Crippen LogP contribution in [0.3, 0.4) is 0 Å². The van der Waals surface area contributed by atoms with Crippen LogP contribution in [0.2, 0.25) is 0 Å². The molecule has 0 saturated carbocycles. The highest BCUT2D eigenvalue weighted by atomic mass is 32.1. The van der Waals surface area contributed by atoms with E-state index in [1.807, 2.05) is 12.1 Å². The van der Waals surface area contributed by atoms with Crippen LogP contribution in [-0.4, -0.2) is 74.2 Å². The van der Waals surface area contributed by atoms with Gasteiger partial charge in [-0.15, -0.1) is 11.3 Å². The molecule has 3 heterocycles. The summed E-state index contributed by atoms with van der Waals surface area (Å²) < 4.78 is 5.81. The molecule has 7 heteroatoms. The number of benzene rings is 1. The summed E-state index contributed by atoms with van der Waals surface area (Å²) in [5.41, 5.74) is 2.08. The van der Waals surface area contributed by atoms with Crippen LogP contribution in [0.4, 0.5) is 11.4 Å². The Bertz CT molecular complexity index is 797. The van der Waals surface area contributed by atoms with Crippen LogP contribution < -0.4 is 10.2 Å². The molecule has 0 radical (unpaired) electrons. The van der Waals surface area contributed by atoms with E-state index in [9.17, 15) is 4.79 Å². The van der Waals surface area contributed by atoms with E-state index in [-0.39, 0.29) is 12.0 Å². The van der Waals surface area contributed by atoms with Crippen LogP contribution >= 0.6 is 11.3 Å². The van der Waals surface area contributed by atoms with Crippen molar-refractivity contribution in [2.24, 2.45) is 0 Å². The number of thiophene rings is 1. The van der Waals surface area contributed by atoms with Gasteiger partial charge in [0.2, 0.25) is 5.91 Å². The number of anilines is 2. The highest BCUT2D eigenvalue weighted by Gasteiger charge is 2.21. The van der Waals surface area contributed by atoms with E-state index in [2.05, 4.69) is 56.6 Å². The molecule has 0 bridgehead atoms. The van der Waals surface area contributed by atoms with E-state index in [1.54, 1.807) is 11.3 Å². The van der Waals surface area contributed by atoms with Crippen LogP contribution in [0.5, 0.6) is 0 Å². The summed E-state index contributed by atoms with van der Waals surface area (Å²) in [5.74, 6) is 0.0267. The van der Waals surface area contributed by atoms with Gasteiger partial charge in [-0.25, -0.2) is 0 Å². The van der Waals surface area contributed by atoms with Gasteiger partial charge in [-0.05, 0) is 55.1 Å². The number of hydrogen-bond acceptors (Lipinski definition) is 6. The van der Waals surface area contributed by atoms with Crippen LogP contribution in [0.1, 0.15) is 24.6 Å². The maximum Gasteiger partial charge on any atom is 0.238 e. The van der Waals surface area contributed by atoms with Crippen LogP contribution in [0, 0.1) is 0 Å². The number of nitrogens with one attached hydrogen (secondary N) is 1. The maximum atomic E-state index is 12.8. The van der Waals surface area contributed by atoms with Crippen molar-refractivity contribution in [3.63, 3.8) is 0 Å². The Kier molecular flexibility index (Phi) is 7.97. The molecule has 2 aromatic rings. The largest absolute Gasteiger partial charge is 0.377 e. The average molecular weight is 443 g/mol. The first-order valence-corrected chi connectivity index (χ1v) is 12.3. The molecule has 0 aliphatic carbocycles. The maximum absolute atomic E-state index is 12.8. The molecule has 0 spiro atoms. The highest BCUT2D eigenvalue weighted by molar-refractivity contribution is 7.09. The number of amides is 1. The van der Waals surface area contributed by atoms with Gasteiger partial charge < -0.3 is 19.9 Å². The lowest BCUT2D eigenvalue weighted by Crippen LogP contribution is -2.46. The first-order chi connectivity index (χ1) is 15.2.